The minimum atomic E-state index is -2.93. The molecule has 2 atom stereocenters. The highest BCUT2D eigenvalue weighted by Gasteiger charge is 2.47. The molecule has 0 radical (unpaired) electrons. The van der Waals surface area contributed by atoms with Crippen molar-refractivity contribution in [1.82, 2.24) is 20.2 Å². The number of piperazine rings is 1. The number of nitrogens with one attached hydrogen (secondary N) is 1. The number of nitriles is 1. The summed E-state index contributed by atoms with van der Waals surface area (Å²) in [5.41, 5.74) is -0.753. The van der Waals surface area contributed by atoms with Gasteiger partial charge in [0.05, 0.1) is 12.2 Å². The van der Waals surface area contributed by atoms with Crippen LogP contribution in [-0.4, -0.2) is 74.9 Å². The molecule has 1 unspecified atom stereocenters. The number of hydrogen-bond donors (Lipinski definition) is 2. The van der Waals surface area contributed by atoms with Gasteiger partial charge in [-0.15, -0.1) is 0 Å². The van der Waals surface area contributed by atoms with Crippen molar-refractivity contribution in [3.05, 3.63) is 82.6 Å². The summed E-state index contributed by atoms with van der Waals surface area (Å²) in [6.45, 7) is -1.45. The third kappa shape index (κ3) is 7.31. The first-order chi connectivity index (χ1) is 22.8. The van der Waals surface area contributed by atoms with Crippen molar-refractivity contribution in [2.24, 2.45) is 0 Å². The molecular weight excluding hydrogens is 662 g/mol. The average molecular weight is 688 g/mol. The molecule has 5 rings (SSSR count). The van der Waals surface area contributed by atoms with Crippen LogP contribution in [-0.2, 0) is 14.4 Å². The van der Waals surface area contributed by atoms with Gasteiger partial charge < -0.3 is 10.4 Å². The summed E-state index contributed by atoms with van der Waals surface area (Å²) in [4.78, 5) is 64.5. The van der Waals surface area contributed by atoms with Crippen LogP contribution in [0.1, 0.15) is 43.0 Å². The lowest BCUT2D eigenvalue weighted by Gasteiger charge is -2.42. The maximum atomic E-state index is 14.8. The summed E-state index contributed by atoms with van der Waals surface area (Å²) in [7, 11) is 0. The lowest BCUT2D eigenvalue weighted by Crippen LogP contribution is -2.64. The van der Waals surface area contributed by atoms with Crippen molar-refractivity contribution < 1.29 is 41.8 Å². The summed E-state index contributed by atoms with van der Waals surface area (Å²) >= 11 is 6.51. The van der Waals surface area contributed by atoms with Crippen molar-refractivity contribution in [1.29, 1.82) is 5.26 Å². The Balaban J connectivity index is 1.67. The topological polar surface area (TPSA) is 160 Å². The first kappa shape index (κ1) is 34.0. The molecule has 1 aromatic heterocycles. The van der Waals surface area contributed by atoms with Crippen LogP contribution in [0.4, 0.5) is 34.0 Å². The van der Waals surface area contributed by atoms with Crippen LogP contribution >= 0.6 is 11.6 Å². The Morgan fingerprint density at radius 2 is 1.77 bits per heavy atom. The zero-order valence-corrected chi connectivity index (χ0v) is 25.6. The van der Waals surface area contributed by atoms with Gasteiger partial charge in [-0.25, -0.2) is 32.3 Å². The lowest BCUT2D eigenvalue weighted by atomic mass is 9.91. The van der Waals surface area contributed by atoms with E-state index in [1.54, 1.807) is 6.07 Å². The second kappa shape index (κ2) is 13.8. The Hall–Kier alpha value is -5.30. The van der Waals surface area contributed by atoms with Crippen LogP contribution < -0.4 is 15.1 Å². The Labute approximate surface area is 275 Å². The van der Waals surface area contributed by atoms with Crippen LogP contribution in [0.5, 0.6) is 0 Å². The third-order valence-electron chi connectivity index (χ3n) is 7.96. The lowest BCUT2D eigenvalue weighted by molar-refractivity contribution is -0.130. The van der Waals surface area contributed by atoms with Crippen molar-refractivity contribution >= 4 is 47.1 Å². The van der Waals surface area contributed by atoms with Gasteiger partial charge in [0, 0.05) is 41.7 Å². The van der Waals surface area contributed by atoms with Crippen LogP contribution in [0.25, 0.3) is 0 Å². The van der Waals surface area contributed by atoms with E-state index in [9.17, 15) is 47.1 Å². The molecule has 48 heavy (non-hydrogen) atoms. The van der Waals surface area contributed by atoms with Gasteiger partial charge in [0.25, 0.3) is 5.91 Å². The Kier molecular flexibility index (Phi) is 9.80. The van der Waals surface area contributed by atoms with E-state index in [1.807, 2.05) is 0 Å². The predicted octanol–water partition coefficient (Wildman–Crippen LogP) is 4.44. The number of aromatic nitrogens is 2. The number of amides is 4. The molecule has 2 heterocycles. The van der Waals surface area contributed by atoms with Gasteiger partial charge >= 0.3 is 6.09 Å². The number of carboxylic acid groups (broad SMARTS) is 1. The van der Waals surface area contributed by atoms with E-state index in [4.69, 9.17) is 11.6 Å². The molecule has 0 spiro atoms. The maximum absolute atomic E-state index is 14.8. The molecule has 12 nitrogen and oxygen atoms in total. The number of hydrogen-bond acceptors (Lipinski definition) is 7. The molecular formula is C31H26ClF4N7O5. The van der Waals surface area contributed by atoms with Crippen molar-refractivity contribution in [3.8, 4) is 6.07 Å². The van der Waals surface area contributed by atoms with E-state index in [-0.39, 0.29) is 29.1 Å². The molecule has 3 aromatic rings. The molecule has 4 amide bonds. The fourth-order valence-electron chi connectivity index (χ4n) is 5.68. The molecule has 1 saturated heterocycles. The van der Waals surface area contributed by atoms with Crippen LogP contribution in [0.2, 0.25) is 5.02 Å². The molecule has 250 valence electrons. The molecule has 0 bridgehead atoms. The zero-order chi connectivity index (χ0) is 34.7. The molecule has 1 saturated carbocycles. The van der Waals surface area contributed by atoms with Crippen molar-refractivity contribution in [2.45, 2.75) is 49.7 Å². The normalized spacial score (nSPS) is 18.5. The second-order valence-corrected chi connectivity index (χ2v) is 11.6. The molecule has 2 fully saturated rings. The van der Waals surface area contributed by atoms with Gasteiger partial charge in [-0.05, 0) is 37.1 Å². The highest BCUT2D eigenvalue weighted by atomic mass is 35.5. The Morgan fingerprint density at radius 1 is 1.10 bits per heavy atom. The minimum Gasteiger partial charge on any atom is -0.465 e. The molecule has 17 heteroatoms. The summed E-state index contributed by atoms with van der Waals surface area (Å²) in [6.07, 6.45) is -1.70. The fourth-order valence-corrected chi connectivity index (χ4v) is 5.92. The largest absolute Gasteiger partial charge is 0.465 e. The summed E-state index contributed by atoms with van der Waals surface area (Å²) < 4.78 is 57.4. The Bertz CT molecular complexity index is 1780. The average Bonchev–Trinajstić information content (AvgIpc) is 3.03. The zero-order valence-electron chi connectivity index (χ0n) is 24.8. The maximum Gasteiger partial charge on any atom is 0.407 e. The molecule has 2 aromatic carbocycles. The molecule has 2 N–H and O–H groups in total. The first-order valence-electron chi connectivity index (χ1n) is 14.5. The number of benzene rings is 2. The predicted molar refractivity (Wildman–Crippen MR) is 161 cm³/mol. The highest BCUT2D eigenvalue weighted by Crippen LogP contribution is 2.37. The monoisotopic (exact) mass is 687 g/mol. The van der Waals surface area contributed by atoms with Gasteiger partial charge in [0.15, 0.2) is 0 Å². The van der Waals surface area contributed by atoms with Gasteiger partial charge in [0.1, 0.15) is 42.0 Å². The van der Waals surface area contributed by atoms with Crippen molar-refractivity contribution in [3.63, 3.8) is 0 Å². The van der Waals surface area contributed by atoms with E-state index >= 15 is 0 Å². The van der Waals surface area contributed by atoms with E-state index < -0.39 is 97.1 Å². The number of anilines is 2. The minimum absolute atomic E-state index is 0.0395. The standard InChI is InChI=1S/C31H26ClF4N7O5/c32-23-4-2-1-3-22(23)26(27(45)39-19-5-8-31(35,36)9-6-19)42(21-12-17(33)11-18(34)13-21)28(46)24-15-41(30(47)48)16-25(44)43(24)29-38-10-7-20(14-37)40-29/h1-4,7,10-13,19,24,26H,5-6,8-9,15-16H2,(H,39,45)(H,47,48)/t24?,26-/m0/s1. The summed E-state index contributed by atoms with van der Waals surface area (Å²) in [6, 6.07) is 6.32. The fraction of sp³-hybridized carbons (Fsp3) is 0.323. The van der Waals surface area contributed by atoms with Crippen molar-refractivity contribution in [2.75, 3.05) is 22.9 Å². The smallest absolute Gasteiger partial charge is 0.407 e. The summed E-state index contributed by atoms with van der Waals surface area (Å²) in [5, 5.41) is 21.8. The second-order valence-electron chi connectivity index (χ2n) is 11.2. The van der Waals surface area contributed by atoms with Crippen LogP contribution in [0.15, 0.2) is 54.7 Å². The number of nitrogens with zero attached hydrogens (tertiary/aromatic N) is 6. The Morgan fingerprint density at radius 3 is 2.40 bits per heavy atom. The van der Waals surface area contributed by atoms with Crippen LogP contribution in [0, 0.1) is 23.0 Å². The highest BCUT2D eigenvalue weighted by molar-refractivity contribution is 6.31. The number of rotatable bonds is 7. The number of alkyl halides is 2. The number of carbonyl (C=O) groups excluding carboxylic acids is 3. The van der Waals surface area contributed by atoms with Crippen LogP contribution in [0.3, 0.4) is 0 Å². The number of carbonyl (C=O) groups is 4. The molecule has 2 aliphatic rings. The molecule has 1 aliphatic heterocycles. The first-order valence-corrected chi connectivity index (χ1v) is 14.9. The van der Waals surface area contributed by atoms with E-state index in [2.05, 4.69) is 15.3 Å². The summed E-state index contributed by atoms with van der Waals surface area (Å²) in [5.74, 6) is -8.82. The van der Waals surface area contributed by atoms with Gasteiger partial charge in [-0.1, -0.05) is 29.8 Å². The SMILES string of the molecule is N#Cc1ccnc(N2C(=O)CN(C(=O)O)CC2C(=O)N(c2cc(F)cc(F)c2)[C@H](C(=O)NC2CCC(F)(F)CC2)c2ccccc2Cl)n1. The third-order valence-corrected chi connectivity index (χ3v) is 8.31. The van der Waals surface area contributed by atoms with Gasteiger partial charge in [-0.3, -0.25) is 29.1 Å². The number of halogens is 5. The molecule has 1 aliphatic carbocycles. The quantitative estimate of drug-likeness (QED) is 0.345. The van der Waals surface area contributed by atoms with Gasteiger partial charge in [-0.2, -0.15) is 5.26 Å². The van der Waals surface area contributed by atoms with E-state index in [1.165, 1.54) is 30.3 Å². The van der Waals surface area contributed by atoms with Gasteiger partial charge in [0.2, 0.25) is 23.7 Å². The van der Waals surface area contributed by atoms with E-state index in [0.717, 1.165) is 23.2 Å². The van der Waals surface area contributed by atoms with E-state index in [0.29, 0.717) is 15.9 Å².